The van der Waals surface area contributed by atoms with Crippen molar-refractivity contribution in [3.05, 3.63) is 35.3 Å². The van der Waals surface area contributed by atoms with Crippen molar-refractivity contribution in [3.8, 4) is 0 Å². The van der Waals surface area contributed by atoms with Crippen molar-refractivity contribution < 1.29 is 14.1 Å². The zero-order chi connectivity index (χ0) is 18.7. The molecule has 0 atom stereocenters. The highest BCUT2D eigenvalue weighted by Gasteiger charge is 2.52. The predicted molar refractivity (Wildman–Crippen MR) is 104 cm³/mol. The maximum absolute atomic E-state index is 11.4. The predicted octanol–water partition coefficient (Wildman–Crippen LogP) is 3.57. The number of hydrogen-bond donors (Lipinski definition) is 1. The van der Waals surface area contributed by atoms with E-state index in [0.29, 0.717) is 6.54 Å². The number of nitrogens with zero attached hydrogens (tertiary/aromatic N) is 1. The van der Waals surface area contributed by atoms with Crippen molar-refractivity contribution in [3.63, 3.8) is 0 Å². The molecule has 1 amide bonds. The van der Waals surface area contributed by atoms with E-state index in [1.54, 1.807) is 0 Å². The summed E-state index contributed by atoms with van der Waals surface area (Å²) < 4.78 is 12.2. The first-order valence-electron chi connectivity index (χ1n) is 8.13. The average molecular weight is 358 g/mol. The largest absolute Gasteiger partial charge is 0.492 e. The molecular formula is C18H23BN2O3S. The molecule has 1 aromatic rings. The number of amides is 1. The molecule has 5 nitrogen and oxygen atoms in total. The van der Waals surface area contributed by atoms with Crippen LogP contribution in [0.1, 0.15) is 40.2 Å². The lowest BCUT2D eigenvalue weighted by molar-refractivity contribution is -0.118. The number of rotatable bonds is 5. The molecule has 25 heavy (non-hydrogen) atoms. The van der Waals surface area contributed by atoms with Gasteiger partial charge in [0.2, 0.25) is 5.91 Å². The quantitative estimate of drug-likeness (QED) is 0.497. The fourth-order valence-corrected chi connectivity index (χ4v) is 2.48. The Morgan fingerprint density at radius 1 is 1.32 bits per heavy atom. The van der Waals surface area contributed by atoms with Crippen molar-refractivity contribution in [1.82, 2.24) is 5.32 Å². The summed E-state index contributed by atoms with van der Waals surface area (Å²) in [5.74, 6) is -0.110. The van der Waals surface area contributed by atoms with E-state index >= 15 is 0 Å². The van der Waals surface area contributed by atoms with Crippen LogP contribution in [0, 0.1) is 0 Å². The highest BCUT2D eigenvalue weighted by molar-refractivity contribution is 7.78. The molecule has 132 valence electrons. The van der Waals surface area contributed by atoms with Crippen molar-refractivity contribution in [2.75, 3.05) is 6.54 Å². The molecule has 7 heteroatoms. The number of hydrogen-bond acceptors (Lipinski definition) is 5. The Morgan fingerprint density at radius 2 is 1.96 bits per heavy atom. The van der Waals surface area contributed by atoms with Gasteiger partial charge in [-0.15, -0.1) is 0 Å². The Hall–Kier alpha value is -1.79. The van der Waals surface area contributed by atoms with E-state index in [1.807, 2.05) is 58.0 Å². The third kappa shape index (κ3) is 4.86. The monoisotopic (exact) mass is 358 g/mol. The second kappa shape index (κ2) is 7.62. The maximum atomic E-state index is 11.4. The number of carbonyl (C=O) groups is 1. The standard InChI is InChI=1S/C18H23BN2O3S/c1-13(22)20-11-15(19-23-17(2,3)18(4,5)24-19)9-14-7-6-8-16(10-14)21-12-25/h6-10H,11H2,1-5H3,(H,20,22). The fourth-order valence-electron chi connectivity index (χ4n) is 2.37. The van der Waals surface area contributed by atoms with Gasteiger partial charge in [-0.2, -0.15) is 4.99 Å². The van der Waals surface area contributed by atoms with Gasteiger partial charge >= 0.3 is 7.12 Å². The SMILES string of the molecule is CC(=O)NCC(=Cc1cccc(N=C=S)c1)B1OC(C)(C)C(C)(C)O1. The number of aliphatic imine (C=N–C) groups is 1. The summed E-state index contributed by atoms with van der Waals surface area (Å²) in [6.45, 7) is 9.81. The highest BCUT2D eigenvalue weighted by Crippen LogP contribution is 2.38. The average Bonchev–Trinajstić information content (AvgIpc) is 2.72. The van der Waals surface area contributed by atoms with E-state index in [9.17, 15) is 4.79 Å². The number of nitrogens with one attached hydrogen (secondary N) is 1. The van der Waals surface area contributed by atoms with E-state index in [0.717, 1.165) is 16.7 Å². The molecule has 0 spiro atoms. The summed E-state index contributed by atoms with van der Waals surface area (Å²) in [5, 5.41) is 5.18. The Labute approximate surface area is 154 Å². The smallest absolute Gasteiger partial charge is 0.400 e. The van der Waals surface area contributed by atoms with Crippen LogP contribution in [0.15, 0.2) is 34.7 Å². The van der Waals surface area contributed by atoms with Gasteiger partial charge in [-0.25, -0.2) is 0 Å². The zero-order valence-corrected chi connectivity index (χ0v) is 16.1. The summed E-state index contributed by atoms with van der Waals surface area (Å²) in [6.07, 6.45) is 1.94. The van der Waals surface area contributed by atoms with Gasteiger partial charge in [-0.1, -0.05) is 18.2 Å². The summed E-state index contributed by atoms with van der Waals surface area (Å²) in [7, 11) is -0.533. The molecule has 1 saturated heterocycles. The van der Waals surface area contributed by atoms with Gasteiger partial charge in [0.1, 0.15) is 0 Å². The van der Waals surface area contributed by atoms with Gasteiger partial charge in [-0.05, 0) is 63.1 Å². The minimum Gasteiger partial charge on any atom is -0.400 e. The Balaban J connectivity index is 2.35. The van der Waals surface area contributed by atoms with Gasteiger partial charge in [0.15, 0.2) is 0 Å². The van der Waals surface area contributed by atoms with E-state index in [-0.39, 0.29) is 5.91 Å². The van der Waals surface area contributed by atoms with Crippen molar-refractivity contribution in [2.24, 2.45) is 4.99 Å². The lowest BCUT2D eigenvalue weighted by atomic mass is 9.77. The Kier molecular flexibility index (Phi) is 5.96. The highest BCUT2D eigenvalue weighted by atomic mass is 32.1. The molecule has 0 bridgehead atoms. The lowest BCUT2D eigenvalue weighted by Gasteiger charge is -2.32. The maximum Gasteiger partial charge on any atom is 0.492 e. The van der Waals surface area contributed by atoms with Crippen LogP contribution < -0.4 is 5.32 Å². The lowest BCUT2D eigenvalue weighted by Crippen LogP contribution is -2.41. The third-order valence-electron chi connectivity index (χ3n) is 4.49. The summed E-state index contributed by atoms with van der Waals surface area (Å²) in [4.78, 5) is 15.4. The van der Waals surface area contributed by atoms with Crippen LogP contribution in [0.3, 0.4) is 0 Å². The molecule has 0 saturated carbocycles. The molecule has 1 aliphatic rings. The molecule has 1 N–H and O–H groups in total. The van der Waals surface area contributed by atoms with Crippen molar-refractivity contribution in [1.29, 1.82) is 0 Å². The zero-order valence-electron chi connectivity index (χ0n) is 15.3. The fraction of sp³-hybridized carbons (Fsp3) is 0.444. The van der Waals surface area contributed by atoms with E-state index in [1.165, 1.54) is 6.92 Å². The Morgan fingerprint density at radius 3 is 2.52 bits per heavy atom. The molecule has 0 radical (unpaired) electrons. The molecule has 1 heterocycles. The van der Waals surface area contributed by atoms with Crippen LogP contribution in [-0.4, -0.2) is 35.9 Å². The first-order chi connectivity index (χ1) is 11.6. The number of isothiocyanates is 1. The molecule has 1 aliphatic heterocycles. The van der Waals surface area contributed by atoms with E-state index in [4.69, 9.17) is 9.31 Å². The molecule has 1 fully saturated rings. The van der Waals surface area contributed by atoms with Crippen LogP contribution in [-0.2, 0) is 14.1 Å². The van der Waals surface area contributed by atoms with Crippen LogP contribution in [0.4, 0.5) is 5.69 Å². The van der Waals surface area contributed by atoms with Crippen LogP contribution in [0.2, 0.25) is 0 Å². The molecular weight excluding hydrogens is 335 g/mol. The number of benzene rings is 1. The summed E-state index contributed by atoms with van der Waals surface area (Å²) in [6, 6.07) is 7.57. The molecule has 0 unspecified atom stereocenters. The van der Waals surface area contributed by atoms with Crippen LogP contribution >= 0.6 is 12.2 Å². The van der Waals surface area contributed by atoms with Gasteiger partial charge in [0.05, 0.1) is 22.1 Å². The summed E-state index contributed by atoms with van der Waals surface area (Å²) >= 11 is 4.65. The van der Waals surface area contributed by atoms with Crippen LogP contribution in [0.25, 0.3) is 6.08 Å². The molecule has 0 aliphatic carbocycles. The van der Waals surface area contributed by atoms with E-state index in [2.05, 4.69) is 27.7 Å². The van der Waals surface area contributed by atoms with E-state index < -0.39 is 18.3 Å². The number of thiocarbonyl (C=S) groups is 1. The number of carbonyl (C=O) groups excluding carboxylic acids is 1. The van der Waals surface area contributed by atoms with Gasteiger partial charge < -0.3 is 14.6 Å². The first kappa shape index (κ1) is 19.5. The van der Waals surface area contributed by atoms with Crippen molar-refractivity contribution >= 4 is 42.2 Å². The van der Waals surface area contributed by atoms with Gasteiger partial charge in [-0.3, -0.25) is 4.79 Å². The van der Waals surface area contributed by atoms with Crippen LogP contribution in [0.5, 0.6) is 0 Å². The van der Waals surface area contributed by atoms with Gasteiger partial charge in [0, 0.05) is 13.5 Å². The summed E-state index contributed by atoms with van der Waals surface area (Å²) in [5.41, 5.74) is 1.57. The minimum atomic E-state index is -0.533. The second-order valence-corrected chi connectivity index (χ2v) is 7.20. The normalized spacial score (nSPS) is 18.6. The second-order valence-electron chi connectivity index (χ2n) is 7.02. The molecule has 0 aromatic heterocycles. The molecule has 2 rings (SSSR count). The molecule has 1 aromatic carbocycles. The van der Waals surface area contributed by atoms with Crippen molar-refractivity contribution in [2.45, 2.75) is 45.8 Å². The van der Waals surface area contributed by atoms with Gasteiger partial charge in [0.25, 0.3) is 0 Å². The topological polar surface area (TPSA) is 59.9 Å². The minimum absolute atomic E-state index is 0.110. The first-order valence-corrected chi connectivity index (χ1v) is 8.54. The third-order valence-corrected chi connectivity index (χ3v) is 4.59. The Bertz CT molecular complexity index is 724.